The predicted molar refractivity (Wildman–Crippen MR) is 60.8 cm³/mol. The lowest BCUT2D eigenvalue weighted by molar-refractivity contribution is -0.126. The topological polar surface area (TPSA) is 40.5 Å². The van der Waals surface area contributed by atoms with E-state index in [1.54, 1.807) is 11.8 Å². The molecule has 1 atom stereocenters. The monoisotopic (exact) mass is 207 g/mol. The summed E-state index contributed by atoms with van der Waals surface area (Å²) in [5.41, 5.74) is 0.831. The van der Waals surface area contributed by atoms with Crippen molar-refractivity contribution in [3.05, 3.63) is 30.3 Å². The summed E-state index contributed by atoms with van der Waals surface area (Å²) in [5.74, 6) is -0.230. The van der Waals surface area contributed by atoms with E-state index < -0.39 is 6.10 Å². The second-order valence-electron chi connectivity index (χ2n) is 3.34. The van der Waals surface area contributed by atoms with Crippen molar-refractivity contribution >= 4 is 11.6 Å². The van der Waals surface area contributed by atoms with E-state index >= 15 is 0 Å². The van der Waals surface area contributed by atoms with E-state index in [1.165, 1.54) is 0 Å². The van der Waals surface area contributed by atoms with Crippen molar-refractivity contribution in [2.45, 2.75) is 26.4 Å². The minimum absolute atomic E-state index is 0.230. The highest BCUT2D eigenvalue weighted by atomic mass is 16.3. The number of aliphatic hydroxyl groups excluding tert-OH is 1. The molecule has 0 fully saturated rings. The summed E-state index contributed by atoms with van der Waals surface area (Å²) in [7, 11) is 0. The molecule has 1 N–H and O–H groups in total. The van der Waals surface area contributed by atoms with Crippen LogP contribution in [0.4, 0.5) is 5.69 Å². The molecule has 0 spiro atoms. The number of aliphatic hydroxyl groups is 1. The van der Waals surface area contributed by atoms with Crippen LogP contribution >= 0.6 is 0 Å². The number of anilines is 1. The molecule has 0 radical (unpaired) electrons. The first-order valence-corrected chi connectivity index (χ1v) is 5.25. The molecule has 1 aromatic carbocycles. The van der Waals surface area contributed by atoms with Crippen LogP contribution in [0.5, 0.6) is 0 Å². The van der Waals surface area contributed by atoms with Gasteiger partial charge < -0.3 is 10.0 Å². The SMILES string of the molecule is CCC(O)C(=O)N(CC)c1ccccc1. The Labute approximate surface area is 90.3 Å². The fraction of sp³-hybridized carbons (Fsp3) is 0.417. The minimum atomic E-state index is -0.898. The van der Waals surface area contributed by atoms with Gasteiger partial charge >= 0.3 is 0 Å². The molecule has 1 unspecified atom stereocenters. The quantitative estimate of drug-likeness (QED) is 0.818. The molecular weight excluding hydrogens is 190 g/mol. The van der Waals surface area contributed by atoms with Crippen molar-refractivity contribution in [2.75, 3.05) is 11.4 Å². The van der Waals surface area contributed by atoms with E-state index in [9.17, 15) is 9.90 Å². The zero-order chi connectivity index (χ0) is 11.3. The summed E-state index contributed by atoms with van der Waals surface area (Å²) in [4.78, 5) is 13.4. The van der Waals surface area contributed by atoms with Crippen molar-refractivity contribution in [1.82, 2.24) is 0 Å². The molecule has 1 aromatic rings. The van der Waals surface area contributed by atoms with Gasteiger partial charge in [0.05, 0.1) is 0 Å². The Morgan fingerprint density at radius 3 is 2.40 bits per heavy atom. The van der Waals surface area contributed by atoms with Gasteiger partial charge in [-0.05, 0) is 25.5 Å². The first-order chi connectivity index (χ1) is 7.20. The van der Waals surface area contributed by atoms with Crippen molar-refractivity contribution in [1.29, 1.82) is 0 Å². The van der Waals surface area contributed by atoms with Crippen LogP contribution in [-0.4, -0.2) is 23.7 Å². The lowest BCUT2D eigenvalue weighted by atomic mass is 10.2. The smallest absolute Gasteiger partial charge is 0.255 e. The second kappa shape index (κ2) is 5.51. The molecule has 0 heterocycles. The van der Waals surface area contributed by atoms with Crippen LogP contribution in [0, 0.1) is 0 Å². The number of benzene rings is 1. The average Bonchev–Trinajstić information content (AvgIpc) is 2.30. The van der Waals surface area contributed by atoms with Gasteiger partial charge in [0.15, 0.2) is 0 Å². The van der Waals surface area contributed by atoms with Gasteiger partial charge in [-0.1, -0.05) is 25.1 Å². The van der Waals surface area contributed by atoms with Gasteiger partial charge in [0.2, 0.25) is 0 Å². The maximum Gasteiger partial charge on any atom is 0.255 e. The first kappa shape index (κ1) is 11.7. The highest BCUT2D eigenvalue weighted by Gasteiger charge is 2.20. The number of amides is 1. The maximum absolute atomic E-state index is 11.8. The summed E-state index contributed by atoms with van der Waals surface area (Å²) in [6.45, 7) is 4.26. The van der Waals surface area contributed by atoms with Gasteiger partial charge in [-0.2, -0.15) is 0 Å². The van der Waals surface area contributed by atoms with E-state index in [4.69, 9.17) is 0 Å². The van der Waals surface area contributed by atoms with Crippen LogP contribution in [0.25, 0.3) is 0 Å². The number of nitrogens with zero attached hydrogens (tertiary/aromatic N) is 1. The van der Waals surface area contributed by atoms with E-state index in [0.717, 1.165) is 5.69 Å². The Hall–Kier alpha value is -1.35. The van der Waals surface area contributed by atoms with Gasteiger partial charge in [-0.25, -0.2) is 0 Å². The standard InChI is InChI=1S/C12H17NO2/c1-3-11(14)12(15)13(4-2)10-8-6-5-7-9-10/h5-9,11,14H,3-4H2,1-2H3. The van der Waals surface area contributed by atoms with E-state index in [-0.39, 0.29) is 5.91 Å². The number of rotatable bonds is 4. The number of carbonyl (C=O) groups is 1. The largest absolute Gasteiger partial charge is 0.383 e. The molecule has 82 valence electrons. The van der Waals surface area contributed by atoms with Crippen LogP contribution in [0.1, 0.15) is 20.3 Å². The van der Waals surface area contributed by atoms with Crippen molar-refractivity contribution in [2.24, 2.45) is 0 Å². The molecule has 0 aliphatic carbocycles. The zero-order valence-electron chi connectivity index (χ0n) is 9.18. The van der Waals surface area contributed by atoms with Crippen molar-refractivity contribution < 1.29 is 9.90 Å². The van der Waals surface area contributed by atoms with Crippen molar-refractivity contribution in [3.63, 3.8) is 0 Å². The lowest BCUT2D eigenvalue weighted by Gasteiger charge is -2.23. The highest BCUT2D eigenvalue weighted by Crippen LogP contribution is 2.14. The molecule has 3 nitrogen and oxygen atoms in total. The first-order valence-electron chi connectivity index (χ1n) is 5.25. The fourth-order valence-electron chi connectivity index (χ4n) is 1.43. The van der Waals surface area contributed by atoms with E-state index in [0.29, 0.717) is 13.0 Å². The zero-order valence-corrected chi connectivity index (χ0v) is 9.18. The van der Waals surface area contributed by atoms with Crippen molar-refractivity contribution in [3.8, 4) is 0 Å². The fourth-order valence-corrected chi connectivity index (χ4v) is 1.43. The molecule has 15 heavy (non-hydrogen) atoms. The third-order valence-corrected chi connectivity index (χ3v) is 2.32. The summed E-state index contributed by atoms with van der Waals surface area (Å²) in [6.07, 6.45) is -0.451. The van der Waals surface area contributed by atoms with E-state index in [1.807, 2.05) is 37.3 Å². The molecule has 1 rings (SSSR count). The molecule has 0 aliphatic rings. The molecule has 0 aliphatic heterocycles. The Balaban J connectivity index is 2.85. The number of hydrogen-bond acceptors (Lipinski definition) is 2. The van der Waals surface area contributed by atoms with Gasteiger partial charge in [-0.15, -0.1) is 0 Å². The van der Waals surface area contributed by atoms with Crippen LogP contribution in [-0.2, 0) is 4.79 Å². The highest BCUT2D eigenvalue weighted by molar-refractivity contribution is 5.96. The number of para-hydroxylation sites is 1. The molecule has 3 heteroatoms. The molecule has 0 bridgehead atoms. The number of hydrogen-bond donors (Lipinski definition) is 1. The van der Waals surface area contributed by atoms with Crippen LogP contribution in [0.2, 0.25) is 0 Å². The minimum Gasteiger partial charge on any atom is -0.383 e. The average molecular weight is 207 g/mol. The summed E-state index contributed by atoms with van der Waals surface area (Å²) in [6, 6.07) is 9.39. The Kier molecular flexibility index (Phi) is 4.31. The van der Waals surface area contributed by atoms with Gasteiger partial charge in [0, 0.05) is 12.2 Å². The van der Waals surface area contributed by atoms with Crippen LogP contribution in [0.3, 0.4) is 0 Å². The Morgan fingerprint density at radius 1 is 1.33 bits per heavy atom. The third kappa shape index (κ3) is 2.80. The second-order valence-corrected chi connectivity index (χ2v) is 3.34. The van der Waals surface area contributed by atoms with Gasteiger partial charge in [0.1, 0.15) is 6.10 Å². The molecule has 0 aromatic heterocycles. The third-order valence-electron chi connectivity index (χ3n) is 2.32. The van der Waals surface area contributed by atoms with Crippen LogP contribution in [0.15, 0.2) is 30.3 Å². The number of carbonyl (C=O) groups excluding carboxylic acids is 1. The van der Waals surface area contributed by atoms with E-state index in [2.05, 4.69) is 0 Å². The molecule has 0 saturated carbocycles. The maximum atomic E-state index is 11.8. The molecular formula is C12H17NO2. The number of likely N-dealkylation sites (N-methyl/N-ethyl adjacent to an activating group) is 1. The summed E-state index contributed by atoms with van der Waals surface area (Å²) >= 11 is 0. The Bertz CT molecular complexity index is 311. The lowest BCUT2D eigenvalue weighted by Crippen LogP contribution is -2.38. The normalized spacial score (nSPS) is 12.2. The summed E-state index contributed by atoms with van der Waals surface area (Å²) < 4.78 is 0. The van der Waals surface area contributed by atoms with Gasteiger partial charge in [-0.3, -0.25) is 4.79 Å². The van der Waals surface area contributed by atoms with Crippen LogP contribution < -0.4 is 4.90 Å². The Morgan fingerprint density at radius 2 is 1.93 bits per heavy atom. The molecule has 0 saturated heterocycles. The molecule has 1 amide bonds. The predicted octanol–water partition coefficient (Wildman–Crippen LogP) is 1.81. The van der Waals surface area contributed by atoms with Gasteiger partial charge in [0.25, 0.3) is 5.91 Å². The summed E-state index contributed by atoms with van der Waals surface area (Å²) in [5, 5.41) is 9.50.